The molecule has 1 heterocycles. The molecule has 66 valence electrons. The van der Waals surface area contributed by atoms with Crippen LogP contribution in [0.5, 0.6) is 0 Å². The van der Waals surface area contributed by atoms with Crippen molar-refractivity contribution in [3.63, 3.8) is 0 Å². The van der Waals surface area contributed by atoms with Gasteiger partial charge in [-0.3, -0.25) is 0 Å². The first-order valence-electron chi connectivity index (χ1n) is 3.30. The van der Waals surface area contributed by atoms with Crippen molar-refractivity contribution in [1.29, 1.82) is 0 Å². The lowest BCUT2D eigenvalue weighted by Gasteiger charge is -1.99. The second-order valence-electron chi connectivity index (χ2n) is 2.27. The summed E-state index contributed by atoms with van der Waals surface area (Å²) in [6.07, 6.45) is 3.66. The zero-order chi connectivity index (χ0) is 8.97. The average Bonchev–Trinajstić information content (AvgIpc) is 2.48. The Balaban J connectivity index is 2.63. The van der Waals surface area contributed by atoms with Gasteiger partial charge in [-0.15, -0.1) is 0 Å². The highest BCUT2D eigenvalue weighted by Gasteiger charge is 1.98. The van der Waals surface area contributed by atoms with E-state index in [1.165, 1.54) is 23.3 Å². The van der Waals surface area contributed by atoms with E-state index in [4.69, 9.17) is 0 Å². The number of hydrogen-bond donors (Lipinski definition) is 0. The van der Waals surface area contributed by atoms with Gasteiger partial charge in [0.2, 0.25) is 10.3 Å². The summed E-state index contributed by atoms with van der Waals surface area (Å²) in [5.74, 6) is 0. The maximum atomic E-state index is 4.15. The van der Waals surface area contributed by atoms with Crippen molar-refractivity contribution in [2.75, 3.05) is 20.4 Å². The van der Waals surface area contributed by atoms with Crippen LogP contribution in [0.15, 0.2) is 10.1 Å². The average molecular weight is 202 g/mol. The minimum atomic E-state index is 0.702. The van der Waals surface area contributed by atoms with E-state index in [-0.39, 0.29) is 0 Å². The molecule has 0 aliphatic rings. The minimum absolute atomic E-state index is 0.702. The Morgan fingerprint density at radius 1 is 1.58 bits per heavy atom. The summed E-state index contributed by atoms with van der Waals surface area (Å²) in [7, 11) is 3.83. The molecule has 0 bridgehead atoms. The minimum Gasteiger partial charge on any atom is -0.369 e. The predicted octanol–water partition coefficient (Wildman–Crippen LogP) is 1.48. The molecule has 0 atom stereocenters. The van der Waals surface area contributed by atoms with Gasteiger partial charge in [-0.2, -0.15) is 9.36 Å². The summed E-state index contributed by atoms with van der Waals surface area (Å²) < 4.78 is 4.07. The lowest BCUT2D eigenvalue weighted by Crippen LogP contribution is -2.06. The van der Waals surface area contributed by atoms with Crippen LogP contribution in [-0.4, -0.2) is 40.9 Å². The van der Waals surface area contributed by atoms with Gasteiger partial charge in [-0.25, -0.2) is 4.99 Å². The number of thioether (sulfide) groups is 1. The first-order chi connectivity index (χ1) is 5.72. The third-order valence-corrected chi connectivity index (χ3v) is 2.27. The molecule has 1 aromatic rings. The Morgan fingerprint density at radius 2 is 2.33 bits per heavy atom. The van der Waals surface area contributed by atoms with E-state index < -0.39 is 0 Å². The van der Waals surface area contributed by atoms with Crippen molar-refractivity contribution in [1.82, 2.24) is 14.3 Å². The van der Waals surface area contributed by atoms with Crippen molar-refractivity contribution in [3.8, 4) is 0 Å². The molecule has 0 N–H and O–H groups in total. The molecule has 0 unspecified atom stereocenters. The monoisotopic (exact) mass is 202 g/mol. The number of rotatable bonds is 3. The molecule has 0 aliphatic carbocycles. The smallest absolute Gasteiger partial charge is 0.231 e. The van der Waals surface area contributed by atoms with Crippen LogP contribution in [-0.2, 0) is 0 Å². The zero-order valence-electron chi connectivity index (χ0n) is 7.18. The maximum absolute atomic E-state index is 4.15. The molecule has 1 aromatic heterocycles. The fourth-order valence-corrected chi connectivity index (χ4v) is 1.57. The van der Waals surface area contributed by atoms with Gasteiger partial charge >= 0.3 is 0 Å². The van der Waals surface area contributed by atoms with Crippen molar-refractivity contribution >= 4 is 34.8 Å². The molecule has 0 radical (unpaired) electrons. The quantitative estimate of drug-likeness (QED) is 0.423. The van der Waals surface area contributed by atoms with Gasteiger partial charge in [0.25, 0.3) is 0 Å². The summed E-state index contributed by atoms with van der Waals surface area (Å²) >= 11 is 2.83. The molecule has 4 nitrogen and oxygen atoms in total. The van der Waals surface area contributed by atoms with Crippen LogP contribution in [0.2, 0.25) is 0 Å². The van der Waals surface area contributed by atoms with Gasteiger partial charge < -0.3 is 4.90 Å². The third kappa shape index (κ3) is 2.78. The summed E-state index contributed by atoms with van der Waals surface area (Å²) in [6.45, 7) is 0. The van der Waals surface area contributed by atoms with Crippen LogP contribution >= 0.6 is 23.3 Å². The van der Waals surface area contributed by atoms with Crippen molar-refractivity contribution in [2.24, 2.45) is 4.99 Å². The highest BCUT2D eigenvalue weighted by atomic mass is 32.2. The lowest BCUT2D eigenvalue weighted by molar-refractivity contribution is 0.643. The molecule has 0 amide bonds. The Labute approximate surface area is 79.9 Å². The van der Waals surface area contributed by atoms with E-state index in [9.17, 15) is 0 Å². The molecule has 12 heavy (non-hydrogen) atoms. The number of hydrogen-bond acceptors (Lipinski definition) is 5. The summed E-state index contributed by atoms with van der Waals surface area (Å²) in [6, 6.07) is 0. The molecule has 0 spiro atoms. The van der Waals surface area contributed by atoms with Crippen LogP contribution in [0, 0.1) is 0 Å². The topological polar surface area (TPSA) is 41.4 Å². The second kappa shape index (κ2) is 4.42. The van der Waals surface area contributed by atoms with Crippen molar-refractivity contribution < 1.29 is 0 Å². The van der Waals surface area contributed by atoms with Gasteiger partial charge in [-0.1, -0.05) is 11.8 Å². The van der Waals surface area contributed by atoms with E-state index in [1.54, 1.807) is 6.34 Å². The van der Waals surface area contributed by atoms with E-state index in [1.807, 2.05) is 25.3 Å². The molecule has 0 aromatic carbocycles. The molecular weight excluding hydrogens is 192 g/mol. The Bertz CT molecular complexity index is 268. The van der Waals surface area contributed by atoms with Crippen LogP contribution in [0.3, 0.4) is 0 Å². The largest absolute Gasteiger partial charge is 0.369 e. The summed E-state index contributed by atoms with van der Waals surface area (Å²) in [5, 5.41) is 1.49. The van der Waals surface area contributed by atoms with E-state index in [0.717, 1.165) is 5.16 Å². The highest BCUT2D eigenvalue weighted by molar-refractivity contribution is 7.98. The zero-order valence-corrected chi connectivity index (χ0v) is 8.82. The third-order valence-electron chi connectivity index (χ3n) is 0.978. The highest BCUT2D eigenvalue weighted by Crippen LogP contribution is 2.19. The molecule has 0 fully saturated rings. The van der Waals surface area contributed by atoms with Crippen LogP contribution in [0.25, 0.3) is 0 Å². The van der Waals surface area contributed by atoms with Crippen molar-refractivity contribution in [2.45, 2.75) is 5.16 Å². The van der Waals surface area contributed by atoms with Gasteiger partial charge in [0.05, 0.1) is 6.34 Å². The van der Waals surface area contributed by atoms with Gasteiger partial charge in [0.1, 0.15) is 0 Å². The van der Waals surface area contributed by atoms with Gasteiger partial charge in [-0.05, 0) is 6.26 Å². The summed E-state index contributed by atoms with van der Waals surface area (Å²) in [4.78, 5) is 10.1. The first-order valence-corrected chi connectivity index (χ1v) is 5.30. The molecule has 0 saturated heterocycles. The van der Waals surface area contributed by atoms with Gasteiger partial charge in [0.15, 0.2) is 0 Å². The number of nitrogens with zero attached hydrogens (tertiary/aromatic N) is 4. The molecule has 6 heteroatoms. The summed E-state index contributed by atoms with van der Waals surface area (Å²) in [5.41, 5.74) is 0. The fraction of sp³-hybridized carbons (Fsp3) is 0.500. The lowest BCUT2D eigenvalue weighted by atomic mass is 10.9. The molecule has 0 aliphatic heterocycles. The van der Waals surface area contributed by atoms with E-state index >= 15 is 0 Å². The Hall–Kier alpha value is -0.620. The number of aromatic nitrogens is 2. The van der Waals surface area contributed by atoms with E-state index in [2.05, 4.69) is 14.3 Å². The van der Waals surface area contributed by atoms with Gasteiger partial charge in [0, 0.05) is 25.6 Å². The van der Waals surface area contributed by atoms with Crippen LogP contribution in [0.4, 0.5) is 5.13 Å². The first kappa shape index (κ1) is 9.47. The fourth-order valence-electron chi connectivity index (χ4n) is 0.503. The van der Waals surface area contributed by atoms with Crippen molar-refractivity contribution in [3.05, 3.63) is 0 Å². The normalized spacial score (nSPS) is 10.9. The molecule has 0 saturated carbocycles. The maximum Gasteiger partial charge on any atom is 0.231 e. The SMILES string of the molecule is CSc1nsc(/N=C/N(C)C)n1. The Morgan fingerprint density at radius 3 is 2.83 bits per heavy atom. The standard InChI is InChI=1S/C6H10N4S2/c1-10(2)4-7-5-8-6(11-3)9-12-5/h4H,1-3H3/b7-4+. The molecular formula is C6H10N4S2. The Kier molecular flexibility index (Phi) is 3.48. The molecule has 1 rings (SSSR count). The van der Waals surface area contributed by atoms with Crippen LogP contribution < -0.4 is 0 Å². The predicted molar refractivity (Wildman–Crippen MR) is 53.5 cm³/mol. The number of aliphatic imine (C=N–C) groups is 1. The second-order valence-corrected chi connectivity index (χ2v) is 3.78. The van der Waals surface area contributed by atoms with E-state index in [0.29, 0.717) is 5.13 Å². The van der Waals surface area contributed by atoms with Crippen LogP contribution in [0.1, 0.15) is 0 Å².